The fraction of sp³-hybridized carbons (Fsp3) is 0.900. The zero-order chi connectivity index (χ0) is 10.9. The summed E-state index contributed by atoms with van der Waals surface area (Å²) in [6.07, 6.45) is 2.81. The molecule has 0 amide bonds. The number of carboxylic acid groups (broad SMARTS) is 1. The van der Waals surface area contributed by atoms with Gasteiger partial charge in [-0.25, -0.2) is 0 Å². The second kappa shape index (κ2) is 4.08. The van der Waals surface area contributed by atoms with Crippen LogP contribution in [0.3, 0.4) is 0 Å². The Morgan fingerprint density at radius 1 is 1.53 bits per heavy atom. The highest BCUT2D eigenvalue weighted by Crippen LogP contribution is 2.39. The van der Waals surface area contributed by atoms with E-state index in [2.05, 4.69) is 5.32 Å². The van der Waals surface area contributed by atoms with E-state index in [0.717, 1.165) is 38.9 Å². The van der Waals surface area contributed by atoms with Gasteiger partial charge in [-0.05, 0) is 24.7 Å². The molecule has 5 heteroatoms. The smallest absolute Gasteiger partial charge is 0.320 e. The van der Waals surface area contributed by atoms with Crippen LogP contribution in [0.25, 0.3) is 0 Å². The summed E-state index contributed by atoms with van der Waals surface area (Å²) in [5, 5.41) is 14.0. The van der Waals surface area contributed by atoms with Crippen molar-refractivity contribution in [3.63, 3.8) is 0 Å². The third-order valence-corrected chi connectivity index (χ3v) is 3.70. The topological polar surface area (TPSA) is 61.8 Å². The second-order valence-corrected chi connectivity index (χ2v) is 4.59. The van der Waals surface area contributed by atoms with Crippen LogP contribution in [0.5, 0.6) is 0 Å². The summed E-state index contributed by atoms with van der Waals surface area (Å²) in [5.41, 5.74) is 0.193. The lowest BCUT2D eigenvalue weighted by atomic mass is 9.77. The first-order valence-electron chi connectivity index (χ1n) is 5.40. The first-order chi connectivity index (χ1) is 7.15. The fourth-order valence-electron chi connectivity index (χ4n) is 2.62. The van der Waals surface area contributed by atoms with Crippen molar-refractivity contribution in [2.24, 2.45) is 5.41 Å². The van der Waals surface area contributed by atoms with Gasteiger partial charge in [-0.15, -0.1) is 0 Å². The Kier molecular flexibility index (Phi) is 2.95. The molecule has 2 fully saturated rings. The normalized spacial score (nSPS) is 30.9. The van der Waals surface area contributed by atoms with Gasteiger partial charge in [0, 0.05) is 19.6 Å². The van der Waals surface area contributed by atoms with Crippen molar-refractivity contribution in [2.45, 2.75) is 25.3 Å². The molecule has 0 aliphatic carbocycles. The van der Waals surface area contributed by atoms with E-state index < -0.39 is 5.97 Å². The standard InChI is InChI=1S/C10H18N2O3/c1-15-12-4-2-10(3-5-12)6-8(9(13)14)11-7-10/h8,11H,2-7H2,1H3,(H,13,14). The lowest BCUT2D eigenvalue weighted by Crippen LogP contribution is -2.40. The van der Waals surface area contributed by atoms with Crippen LogP contribution >= 0.6 is 0 Å². The Bertz CT molecular complexity index is 249. The van der Waals surface area contributed by atoms with E-state index in [1.165, 1.54) is 0 Å². The summed E-state index contributed by atoms with van der Waals surface area (Å²) >= 11 is 0. The maximum absolute atomic E-state index is 10.9. The van der Waals surface area contributed by atoms with Crippen LogP contribution < -0.4 is 5.32 Å². The molecule has 2 rings (SSSR count). The molecule has 0 saturated carbocycles. The molecule has 0 aromatic rings. The van der Waals surface area contributed by atoms with E-state index in [0.29, 0.717) is 0 Å². The maximum Gasteiger partial charge on any atom is 0.320 e. The summed E-state index contributed by atoms with van der Waals surface area (Å²) in [6, 6.07) is -0.348. The number of carboxylic acids is 1. The quantitative estimate of drug-likeness (QED) is 0.681. The van der Waals surface area contributed by atoms with E-state index >= 15 is 0 Å². The van der Waals surface area contributed by atoms with Gasteiger partial charge >= 0.3 is 5.97 Å². The van der Waals surface area contributed by atoms with Crippen LogP contribution in [-0.4, -0.2) is 48.9 Å². The number of nitrogens with zero attached hydrogens (tertiary/aromatic N) is 1. The number of aliphatic carboxylic acids is 1. The molecule has 2 N–H and O–H groups in total. The van der Waals surface area contributed by atoms with E-state index in [9.17, 15) is 4.79 Å². The molecule has 15 heavy (non-hydrogen) atoms. The minimum atomic E-state index is -0.721. The number of carbonyl (C=O) groups is 1. The van der Waals surface area contributed by atoms with Crippen molar-refractivity contribution in [2.75, 3.05) is 26.7 Å². The highest BCUT2D eigenvalue weighted by molar-refractivity contribution is 5.74. The van der Waals surface area contributed by atoms with Gasteiger partial charge in [0.05, 0.1) is 7.11 Å². The summed E-state index contributed by atoms with van der Waals surface area (Å²) in [7, 11) is 1.69. The summed E-state index contributed by atoms with van der Waals surface area (Å²) in [6.45, 7) is 2.65. The Labute approximate surface area is 89.3 Å². The zero-order valence-corrected chi connectivity index (χ0v) is 9.03. The van der Waals surface area contributed by atoms with Gasteiger partial charge in [0.2, 0.25) is 0 Å². The predicted octanol–water partition coefficient (Wildman–Crippen LogP) is 0.0765. The number of hydroxylamine groups is 2. The molecular weight excluding hydrogens is 196 g/mol. The Balaban J connectivity index is 1.92. The third kappa shape index (κ3) is 2.14. The van der Waals surface area contributed by atoms with Crippen molar-refractivity contribution < 1.29 is 14.7 Å². The zero-order valence-electron chi connectivity index (χ0n) is 9.03. The van der Waals surface area contributed by atoms with Crippen LogP contribution in [0.4, 0.5) is 0 Å². The number of hydrogen-bond donors (Lipinski definition) is 2. The number of piperidine rings is 1. The van der Waals surface area contributed by atoms with Crippen molar-refractivity contribution in [1.29, 1.82) is 0 Å². The van der Waals surface area contributed by atoms with Crippen LogP contribution in [0.2, 0.25) is 0 Å². The van der Waals surface area contributed by atoms with Crippen LogP contribution in [0, 0.1) is 5.41 Å². The molecule has 86 valence electrons. The minimum absolute atomic E-state index is 0.193. The molecular formula is C10H18N2O3. The van der Waals surface area contributed by atoms with E-state index in [1.807, 2.05) is 5.06 Å². The van der Waals surface area contributed by atoms with Gasteiger partial charge < -0.3 is 15.3 Å². The molecule has 2 saturated heterocycles. The fourth-order valence-corrected chi connectivity index (χ4v) is 2.62. The molecule has 1 spiro atoms. The average molecular weight is 214 g/mol. The minimum Gasteiger partial charge on any atom is -0.480 e. The van der Waals surface area contributed by atoms with Crippen molar-refractivity contribution in [1.82, 2.24) is 10.4 Å². The molecule has 1 atom stereocenters. The largest absolute Gasteiger partial charge is 0.480 e. The maximum atomic E-state index is 10.9. The average Bonchev–Trinajstić information content (AvgIpc) is 2.64. The van der Waals surface area contributed by atoms with Crippen LogP contribution in [-0.2, 0) is 9.63 Å². The van der Waals surface area contributed by atoms with Gasteiger partial charge in [0.25, 0.3) is 0 Å². The van der Waals surface area contributed by atoms with E-state index in [-0.39, 0.29) is 11.5 Å². The molecule has 0 aromatic carbocycles. The van der Waals surface area contributed by atoms with Gasteiger partial charge in [-0.1, -0.05) is 0 Å². The summed E-state index contributed by atoms with van der Waals surface area (Å²) < 4.78 is 0. The molecule has 0 aromatic heterocycles. The second-order valence-electron chi connectivity index (χ2n) is 4.59. The van der Waals surface area contributed by atoms with Crippen LogP contribution in [0.15, 0.2) is 0 Å². The molecule has 2 aliphatic rings. The van der Waals surface area contributed by atoms with Gasteiger partial charge in [-0.2, -0.15) is 5.06 Å². The lowest BCUT2D eigenvalue weighted by molar-refractivity contribution is -0.157. The van der Waals surface area contributed by atoms with Crippen molar-refractivity contribution in [3.05, 3.63) is 0 Å². The SMILES string of the molecule is CON1CCC2(CC1)CNC(C(=O)O)C2. The van der Waals surface area contributed by atoms with E-state index in [1.54, 1.807) is 7.11 Å². The molecule has 2 heterocycles. The van der Waals surface area contributed by atoms with Crippen molar-refractivity contribution >= 4 is 5.97 Å². The lowest BCUT2D eigenvalue weighted by Gasteiger charge is -2.37. The monoisotopic (exact) mass is 214 g/mol. The first kappa shape index (κ1) is 10.9. The predicted molar refractivity (Wildman–Crippen MR) is 54.3 cm³/mol. The van der Waals surface area contributed by atoms with Gasteiger partial charge in [0.1, 0.15) is 6.04 Å². The van der Waals surface area contributed by atoms with Crippen molar-refractivity contribution in [3.8, 4) is 0 Å². The number of rotatable bonds is 2. The van der Waals surface area contributed by atoms with Gasteiger partial charge in [0.15, 0.2) is 0 Å². The highest BCUT2D eigenvalue weighted by Gasteiger charge is 2.43. The van der Waals surface area contributed by atoms with Crippen LogP contribution in [0.1, 0.15) is 19.3 Å². The Morgan fingerprint density at radius 2 is 2.20 bits per heavy atom. The Hall–Kier alpha value is -0.650. The molecule has 0 radical (unpaired) electrons. The summed E-state index contributed by atoms with van der Waals surface area (Å²) in [4.78, 5) is 16.0. The number of nitrogens with one attached hydrogen (secondary N) is 1. The number of hydrogen-bond acceptors (Lipinski definition) is 4. The molecule has 0 bridgehead atoms. The highest BCUT2D eigenvalue weighted by atomic mass is 16.7. The summed E-state index contributed by atoms with van der Waals surface area (Å²) in [5.74, 6) is -0.721. The molecule has 1 unspecified atom stereocenters. The molecule has 5 nitrogen and oxygen atoms in total. The van der Waals surface area contributed by atoms with E-state index in [4.69, 9.17) is 9.94 Å². The Morgan fingerprint density at radius 3 is 2.67 bits per heavy atom. The first-order valence-corrected chi connectivity index (χ1v) is 5.40. The third-order valence-electron chi connectivity index (χ3n) is 3.70. The molecule has 2 aliphatic heterocycles. The van der Waals surface area contributed by atoms with Gasteiger partial charge in [-0.3, -0.25) is 4.79 Å².